The second kappa shape index (κ2) is 3.65. The minimum absolute atomic E-state index is 0.821. The molecular formula is C5H10O2. The van der Waals surface area contributed by atoms with E-state index in [0.717, 1.165) is 0 Å². The number of carboxylic acids is 1. The van der Waals surface area contributed by atoms with Crippen LogP contribution in [0, 0.1) is 0 Å². The smallest absolute Gasteiger partial charge is 0.303 e. The first-order chi connectivity index (χ1) is 4.46. The molecule has 0 unspecified atom stereocenters. The number of aliphatic carboxylic acids is 1. The first-order valence-electron chi connectivity index (χ1n) is 3.69. The summed E-state index contributed by atoms with van der Waals surface area (Å²) in [6.45, 7) is 1.40. The van der Waals surface area contributed by atoms with E-state index in [1.807, 2.05) is 0 Å². The Morgan fingerprint density at radius 1 is 2.00 bits per heavy atom. The Kier molecular flexibility index (Phi) is 1.41. The van der Waals surface area contributed by atoms with Gasteiger partial charge in [-0.1, -0.05) is 13.3 Å². The fourth-order valence-electron chi connectivity index (χ4n) is 0.179. The van der Waals surface area contributed by atoms with Crippen LogP contribution >= 0.6 is 0 Å². The average molecular weight is 105 g/mol. The predicted molar refractivity (Wildman–Crippen MR) is 27.2 cm³/mol. The molecular weight excluding hydrogens is 92.1 g/mol. The lowest BCUT2D eigenvalue weighted by Crippen LogP contribution is -1.91. The van der Waals surface area contributed by atoms with Crippen LogP contribution in [-0.4, -0.2) is 11.1 Å². The summed E-state index contributed by atoms with van der Waals surface area (Å²) < 4.78 is 20.8. The molecule has 0 aromatic carbocycles. The van der Waals surface area contributed by atoms with Crippen LogP contribution in [-0.2, 0) is 4.79 Å². The predicted octanol–water partition coefficient (Wildman–Crippen LogP) is 1.26. The molecule has 0 aliphatic carbocycles. The fraction of sp³-hybridized carbons (Fsp3) is 0.800. The normalized spacial score (nSPS) is 28.4. The van der Waals surface area contributed by atoms with E-state index in [9.17, 15) is 4.79 Å². The maximum atomic E-state index is 10.1. The summed E-state index contributed by atoms with van der Waals surface area (Å²) in [5.41, 5.74) is 0. The van der Waals surface area contributed by atoms with E-state index in [0.29, 0.717) is 0 Å². The van der Waals surface area contributed by atoms with Crippen LogP contribution in [0.5, 0.6) is 0 Å². The molecule has 0 amide bonds. The van der Waals surface area contributed by atoms with Gasteiger partial charge >= 0.3 is 5.97 Å². The summed E-state index contributed by atoms with van der Waals surface area (Å²) in [6, 6.07) is 0. The third-order valence-corrected chi connectivity index (χ3v) is 0.431. The van der Waals surface area contributed by atoms with E-state index in [2.05, 4.69) is 0 Å². The summed E-state index contributed by atoms with van der Waals surface area (Å²) in [6.07, 6.45) is -3.47. The Labute approximate surface area is 47.4 Å². The van der Waals surface area contributed by atoms with E-state index in [1.54, 1.807) is 0 Å². The van der Waals surface area contributed by atoms with Gasteiger partial charge in [0.15, 0.2) is 0 Å². The Hall–Kier alpha value is -0.530. The molecule has 0 aliphatic heterocycles. The van der Waals surface area contributed by atoms with Gasteiger partial charge in [-0.15, -0.1) is 0 Å². The van der Waals surface area contributed by atoms with Gasteiger partial charge in [-0.2, -0.15) is 0 Å². The molecule has 2 nitrogen and oxygen atoms in total. The van der Waals surface area contributed by atoms with Crippen molar-refractivity contribution < 1.29 is 14.0 Å². The van der Waals surface area contributed by atoms with Gasteiger partial charge in [0, 0.05) is 10.5 Å². The molecule has 0 aliphatic rings. The van der Waals surface area contributed by atoms with Gasteiger partial charge in [-0.05, 0) is 6.40 Å². The van der Waals surface area contributed by atoms with Gasteiger partial charge in [-0.3, -0.25) is 4.79 Å². The number of rotatable bonds is 3. The molecule has 0 spiro atoms. The molecule has 0 aromatic heterocycles. The Morgan fingerprint density at radius 2 is 2.57 bits per heavy atom. The first-order valence-corrected chi connectivity index (χ1v) is 1.96. The largest absolute Gasteiger partial charge is 0.481 e. The van der Waals surface area contributed by atoms with Crippen LogP contribution in [0.25, 0.3) is 0 Å². The second-order valence-corrected chi connectivity index (χ2v) is 1.03. The van der Waals surface area contributed by atoms with E-state index < -0.39 is 25.2 Å². The molecule has 0 heterocycles. The Bertz CT molecular complexity index is 126. The van der Waals surface area contributed by atoms with Crippen LogP contribution in [0.1, 0.15) is 30.2 Å². The monoisotopic (exact) mass is 105 g/mol. The summed E-state index contributed by atoms with van der Waals surface area (Å²) in [7, 11) is 0. The highest BCUT2D eigenvalue weighted by Crippen LogP contribution is 1.91. The molecule has 0 rings (SSSR count). The highest BCUT2D eigenvalue weighted by Gasteiger charge is 1.90. The quantitative estimate of drug-likeness (QED) is 0.586. The van der Waals surface area contributed by atoms with Crippen molar-refractivity contribution in [2.45, 2.75) is 26.1 Å². The molecule has 42 valence electrons. The molecule has 7 heavy (non-hydrogen) atoms. The Morgan fingerprint density at radius 3 is 2.71 bits per heavy atom. The van der Waals surface area contributed by atoms with Crippen LogP contribution in [0.2, 0.25) is 0 Å². The second-order valence-electron chi connectivity index (χ2n) is 1.03. The third kappa shape index (κ3) is 5.47. The number of hydrogen-bond acceptors (Lipinski definition) is 1. The van der Waals surface area contributed by atoms with Crippen molar-refractivity contribution in [1.29, 1.82) is 0 Å². The SMILES string of the molecule is [2H][C@@H]([C@H]([2H])C)[C@H]([2H])C(=O)O. The first kappa shape index (κ1) is 2.70. The molecule has 1 N–H and O–H groups in total. The van der Waals surface area contributed by atoms with Crippen molar-refractivity contribution >= 4 is 5.97 Å². The van der Waals surface area contributed by atoms with Crippen molar-refractivity contribution in [3.63, 3.8) is 0 Å². The lowest BCUT2D eigenvalue weighted by atomic mass is 10.3. The van der Waals surface area contributed by atoms with E-state index >= 15 is 0 Å². The standard InChI is InChI=1S/C5H10O2/c1-2-3-4-5(6)7/h2-4H2,1H3,(H,6,7)/i2D,3D,4D/t2-,3+,4+/m1/s1. The molecule has 2 heteroatoms. The molecule has 0 bridgehead atoms. The lowest BCUT2D eigenvalue weighted by Gasteiger charge is -1.85. The molecule has 0 saturated carbocycles. The summed E-state index contributed by atoms with van der Waals surface area (Å²) >= 11 is 0. The van der Waals surface area contributed by atoms with Gasteiger partial charge in [0.2, 0.25) is 0 Å². The number of hydrogen-bond donors (Lipinski definition) is 1. The molecule has 3 atom stereocenters. The third-order valence-electron chi connectivity index (χ3n) is 0.431. The van der Waals surface area contributed by atoms with E-state index in [-0.39, 0.29) is 0 Å². The van der Waals surface area contributed by atoms with Crippen molar-refractivity contribution in [3.8, 4) is 0 Å². The van der Waals surface area contributed by atoms with Crippen molar-refractivity contribution in [2.24, 2.45) is 0 Å². The van der Waals surface area contributed by atoms with Crippen LogP contribution in [0.4, 0.5) is 0 Å². The topological polar surface area (TPSA) is 37.3 Å². The average Bonchev–Trinajstić information content (AvgIpc) is 1.84. The zero-order valence-corrected chi connectivity index (χ0v) is 4.09. The zero-order valence-electron chi connectivity index (χ0n) is 7.09. The maximum absolute atomic E-state index is 10.1. The van der Waals surface area contributed by atoms with Crippen molar-refractivity contribution in [1.82, 2.24) is 0 Å². The van der Waals surface area contributed by atoms with Crippen LogP contribution in [0.3, 0.4) is 0 Å². The number of carbonyl (C=O) groups is 1. The molecule has 0 fully saturated rings. The van der Waals surface area contributed by atoms with E-state index in [1.165, 1.54) is 6.92 Å². The number of carboxylic acid groups (broad SMARTS) is 1. The van der Waals surface area contributed by atoms with Gasteiger partial charge in [0.25, 0.3) is 0 Å². The summed E-state index contributed by atoms with van der Waals surface area (Å²) in [5.74, 6) is -1.33. The van der Waals surface area contributed by atoms with E-state index in [4.69, 9.17) is 9.22 Å². The van der Waals surface area contributed by atoms with Gasteiger partial charge in [0.1, 0.15) is 0 Å². The highest BCUT2D eigenvalue weighted by atomic mass is 16.4. The summed E-state index contributed by atoms with van der Waals surface area (Å²) in [4.78, 5) is 10.1. The molecule has 0 radical (unpaired) electrons. The van der Waals surface area contributed by atoms with Crippen molar-refractivity contribution in [3.05, 3.63) is 0 Å². The maximum Gasteiger partial charge on any atom is 0.303 e. The fourth-order valence-corrected chi connectivity index (χ4v) is 0.179. The highest BCUT2D eigenvalue weighted by molar-refractivity contribution is 5.66. The van der Waals surface area contributed by atoms with Gasteiger partial charge in [-0.25, -0.2) is 0 Å². The van der Waals surface area contributed by atoms with Gasteiger partial charge in [0.05, 0.1) is 0 Å². The van der Waals surface area contributed by atoms with Gasteiger partial charge < -0.3 is 5.11 Å². The lowest BCUT2D eigenvalue weighted by molar-refractivity contribution is -0.137. The van der Waals surface area contributed by atoms with Crippen LogP contribution < -0.4 is 0 Å². The molecule has 0 saturated heterocycles. The minimum Gasteiger partial charge on any atom is -0.481 e. The van der Waals surface area contributed by atoms with Crippen LogP contribution in [0.15, 0.2) is 0 Å². The zero-order chi connectivity index (χ0) is 8.31. The van der Waals surface area contributed by atoms with Crippen molar-refractivity contribution in [2.75, 3.05) is 0 Å². The molecule has 0 aromatic rings. The minimum atomic E-state index is -1.49. The summed E-state index contributed by atoms with van der Waals surface area (Å²) in [5, 5.41) is 8.21. The Balaban J connectivity index is 3.94.